The summed E-state index contributed by atoms with van der Waals surface area (Å²) in [5, 5.41) is 3.09. The second kappa shape index (κ2) is 8.03. The van der Waals surface area contributed by atoms with Crippen molar-refractivity contribution in [3.05, 3.63) is 82.5 Å². The van der Waals surface area contributed by atoms with Crippen molar-refractivity contribution in [3.63, 3.8) is 0 Å². The maximum absolute atomic E-state index is 11.9. The van der Waals surface area contributed by atoms with Crippen molar-refractivity contribution in [2.75, 3.05) is 23.3 Å². The monoisotopic (exact) mass is 412 g/mol. The Morgan fingerprint density at radius 1 is 1.03 bits per heavy atom. The van der Waals surface area contributed by atoms with Gasteiger partial charge in [0.05, 0.1) is 0 Å². The van der Waals surface area contributed by atoms with E-state index in [4.69, 9.17) is 0 Å². The number of hydrogen-bond donors (Lipinski definition) is 1. The van der Waals surface area contributed by atoms with E-state index in [-0.39, 0.29) is 5.91 Å². The second-order valence-electron chi connectivity index (χ2n) is 9.54. The summed E-state index contributed by atoms with van der Waals surface area (Å²) >= 11 is 0. The highest BCUT2D eigenvalue weighted by atomic mass is 16.1. The normalized spacial score (nSPS) is 24.4. The molecule has 1 N–H and O–H groups in total. The van der Waals surface area contributed by atoms with Crippen molar-refractivity contribution in [3.8, 4) is 0 Å². The second-order valence-corrected chi connectivity index (χ2v) is 9.54. The van der Waals surface area contributed by atoms with Crippen LogP contribution in [0.2, 0.25) is 0 Å². The minimum atomic E-state index is -0.00957. The highest BCUT2D eigenvalue weighted by molar-refractivity contribution is 5.90. The van der Waals surface area contributed by atoms with Gasteiger partial charge in [-0.3, -0.25) is 4.79 Å². The standard InChI is InChI=1S/C28H32N2O/c1-18-4-8-21(9-5-18)24-12-14-30-15-13-25(22-10-6-19(2)7-11-22)27-17-23(29-20(3)31)16-26(24)28(27)30/h4-6,8-11,16-17,19,24-25H,7,12-15H2,1-3H3,(H,29,31). The molecule has 0 radical (unpaired) electrons. The predicted molar refractivity (Wildman–Crippen MR) is 129 cm³/mol. The zero-order valence-corrected chi connectivity index (χ0v) is 18.8. The average Bonchev–Trinajstić information content (AvgIpc) is 2.75. The molecule has 0 aromatic heterocycles. The SMILES string of the molecule is CC(=O)Nc1cc2c3c(c1)C(c1ccc(C)cc1)CCN3CCC2C1=CCC(C)C=C1. The molecule has 0 saturated carbocycles. The number of nitrogens with one attached hydrogen (secondary N) is 1. The summed E-state index contributed by atoms with van der Waals surface area (Å²) < 4.78 is 0. The lowest BCUT2D eigenvalue weighted by molar-refractivity contribution is -0.114. The highest BCUT2D eigenvalue weighted by Crippen LogP contribution is 2.50. The van der Waals surface area contributed by atoms with Gasteiger partial charge in [0.2, 0.25) is 5.91 Å². The smallest absolute Gasteiger partial charge is 0.221 e. The Morgan fingerprint density at radius 3 is 2.35 bits per heavy atom. The molecule has 5 rings (SSSR count). The van der Waals surface area contributed by atoms with Gasteiger partial charge in [0, 0.05) is 43.2 Å². The van der Waals surface area contributed by atoms with Gasteiger partial charge in [0.1, 0.15) is 0 Å². The molecule has 3 nitrogen and oxygen atoms in total. The fourth-order valence-electron chi connectivity index (χ4n) is 5.56. The highest BCUT2D eigenvalue weighted by Gasteiger charge is 2.35. The topological polar surface area (TPSA) is 32.3 Å². The van der Waals surface area contributed by atoms with Crippen molar-refractivity contribution in [2.45, 2.75) is 51.9 Å². The van der Waals surface area contributed by atoms with Gasteiger partial charge in [0.15, 0.2) is 0 Å². The molecule has 2 aromatic rings. The third-order valence-corrected chi connectivity index (χ3v) is 7.16. The van der Waals surface area contributed by atoms with E-state index in [1.54, 1.807) is 6.92 Å². The van der Waals surface area contributed by atoms with Crippen molar-refractivity contribution in [1.82, 2.24) is 0 Å². The zero-order valence-electron chi connectivity index (χ0n) is 18.8. The van der Waals surface area contributed by atoms with Crippen LogP contribution in [-0.4, -0.2) is 19.0 Å². The van der Waals surface area contributed by atoms with Crippen LogP contribution in [0.5, 0.6) is 0 Å². The Kier molecular flexibility index (Phi) is 5.21. The summed E-state index contributed by atoms with van der Waals surface area (Å²) in [6.07, 6.45) is 10.5. The summed E-state index contributed by atoms with van der Waals surface area (Å²) in [4.78, 5) is 14.5. The Hall–Kier alpha value is -2.81. The molecule has 3 heteroatoms. The first-order chi connectivity index (χ1) is 15.0. The Morgan fingerprint density at radius 2 is 1.71 bits per heavy atom. The number of aryl methyl sites for hydroxylation is 1. The molecule has 31 heavy (non-hydrogen) atoms. The first kappa shape index (κ1) is 20.1. The molecule has 3 unspecified atom stereocenters. The summed E-state index contributed by atoms with van der Waals surface area (Å²) in [6.45, 7) is 8.21. The van der Waals surface area contributed by atoms with E-state index in [1.165, 1.54) is 33.5 Å². The Labute approximate surface area is 185 Å². The van der Waals surface area contributed by atoms with Gasteiger partial charge in [0.25, 0.3) is 0 Å². The van der Waals surface area contributed by atoms with Crippen LogP contribution in [-0.2, 0) is 4.79 Å². The lowest BCUT2D eigenvalue weighted by Gasteiger charge is -2.43. The molecule has 0 bridgehead atoms. The third kappa shape index (κ3) is 3.82. The van der Waals surface area contributed by atoms with Crippen LogP contribution >= 0.6 is 0 Å². The van der Waals surface area contributed by atoms with Crippen LogP contribution in [0.1, 0.15) is 67.2 Å². The van der Waals surface area contributed by atoms with Crippen LogP contribution in [0.15, 0.2) is 60.2 Å². The zero-order chi connectivity index (χ0) is 21.5. The lowest BCUT2D eigenvalue weighted by Crippen LogP contribution is -2.37. The minimum Gasteiger partial charge on any atom is -0.371 e. The van der Waals surface area contributed by atoms with E-state index in [0.29, 0.717) is 17.8 Å². The Balaban J connectivity index is 1.64. The van der Waals surface area contributed by atoms with Crippen LogP contribution in [0.4, 0.5) is 11.4 Å². The van der Waals surface area contributed by atoms with Crippen LogP contribution in [0.3, 0.4) is 0 Å². The van der Waals surface area contributed by atoms with Gasteiger partial charge in [-0.2, -0.15) is 0 Å². The number of nitrogens with zero attached hydrogens (tertiary/aromatic N) is 1. The largest absolute Gasteiger partial charge is 0.371 e. The number of carbonyl (C=O) groups excluding carboxylic acids is 1. The third-order valence-electron chi connectivity index (χ3n) is 7.16. The van der Waals surface area contributed by atoms with Crippen molar-refractivity contribution >= 4 is 17.3 Å². The molecule has 2 heterocycles. The van der Waals surface area contributed by atoms with E-state index >= 15 is 0 Å². The molecule has 3 aliphatic rings. The number of allylic oxidation sites excluding steroid dienone is 4. The lowest BCUT2D eigenvalue weighted by atomic mass is 9.75. The molecule has 160 valence electrons. The molecule has 0 fully saturated rings. The van der Waals surface area contributed by atoms with E-state index in [9.17, 15) is 4.79 Å². The van der Waals surface area contributed by atoms with Crippen LogP contribution < -0.4 is 10.2 Å². The molecule has 2 aromatic carbocycles. The van der Waals surface area contributed by atoms with Gasteiger partial charge >= 0.3 is 0 Å². The number of carbonyl (C=O) groups is 1. The number of anilines is 2. The molecule has 1 aliphatic carbocycles. The first-order valence-corrected chi connectivity index (χ1v) is 11.6. The molecular weight excluding hydrogens is 380 g/mol. The van der Waals surface area contributed by atoms with E-state index < -0.39 is 0 Å². The van der Waals surface area contributed by atoms with E-state index in [2.05, 4.69) is 78.7 Å². The summed E-state index contributed by atoms with van der Waals surface area (Å²) in [5.41, 5.74) is 9.21. The maximum Gasteiger partial charge on any atom is 0.221 e. The van der Waals surface area contributed by atoms with E-state index in [1.807, 2.05) is 0 Å². The fourth-order valence-corrected chi connectivity index (χ4v) is 5.56. The summed E-state index contributed by atoms with van der Waals surface area (Å²) in [7, 11) is 0. The summed E-state index contributed by atoms with van der Waals surface area (Å²) in [6, 6.07) is 13.5. The fraction of sp³-hybridized carbons (Fsp3) is 0.393. The van der Waals surface area contributed by atoms with Gasteiger partial charge in [-0.05, 0) is 66.5 Å². The van der Waals surface area contributed by atoms with Gasteiger partial charge in [-0.1, -0.05) is 55.0 Å². The molecule has 0 spiro atoms. The quantitative estimate of drug-likeness (QED) is 0.641. The van der Waals surface area contributed by atoms with Gasteiger partial charge in [-0.25, -0.2) is 0 Å². The Bertz CT molecular complexity index is 1060. The number of benzene rings is 2. The van der Waals surface area contributed by atoms with Gasteiger partial charge in [-0.15, -0.1) is 0 Å². The number of rotatable bonds is 3. The van der Waals surface area contributed by atoms with Crippen LogP contribution in [0.25, 0.3) is 0 Å². The molecular formula is C28H32N2O. The predicted octanol–water partition coefficient (Wildman–Crippen LogP) is 6.31. The van der Waals surface area contributed by atoms with Crippen molar-refractivity contribution in [2.24, 2.45) is 5.92 Å². The minimum absolute atomic E-state index is 0.00957. The van der Waals surface area contributed by atoms with Crippen molar-refractivity contribution in [1.29, 1.82) is 0 Å². The van der Waals surface area contributed by atoms with E-state index in [0.717, 1.165) is 38.0 Å². The number of hydrogen-bond acceptors (Lipinski definition) is 2. The molecule has 0 saturated heterocycles. The van der Waals surface area contributed by atoms with Crippen LogP contribution in [0, 0.1) is 12.8 Å². The maximum atomic E-state index is 11.9. The number of amides is 1. The average molecular weight is 413 g/mol. The molecule has 2 aliphatic heterocycles. The summed E-state index contributed by atoms with van der Waals surface area (Å²) in [5.74, 6) is 1.38. The first-order valence-electron chi connectivity index (χ1n) is 11.6. The molecule has 3 atom stereocenters. The van der Waals surface area contributed by atoms with Crippen molar-refractivity contribution < 1.29 is 4.79 Å². The van der Waals surface area contributed by atoms with Gasteiger partial charge < -0.3 is 10.2 Å². The molecule has 1 amide bonds.